The molecule has 0 saturated heterocycles. The highest BCUT2D eigenvalue weighted by molar-refractivity contribution is 5.98. The fourth-order valence-corrected chi connectivity index (χ4v) is 2.48. The van der Waals surface area contributed by atoms with E-state index in [4.69, 9.17) is 4.74 Å². The van der Waals surface area contributed by atoms with Gasteiger partial charge in [-0.15, -0.1) is 0 Å². The molecule has 27 heavy (non-hydrogen) atoms. The van der Waals surface area contributed by atoms with Crippen LogP contribution in [0.15, 0.2) is 36.4 Å². The lowest BCUT2D eigenvalue weighted by Crippen LogP contribution is -2.41. The van der Waals surface area contributed by atoms with Crippen LogP contribution in [0.5, 0.6) is 0 Å². The number of hydrogen-bond donors (Lipinski definition) is 2. The third-order valence-electron chi connectivity index (χ3n) is 3.99. The molecule has 142 valence electrons. The number of aryl methyl sites for hydroxylation is 2. The van der Waals surface area contributed by atoms with Crippen molar-refractivity contribution in [1.82, 2.24) is 20.4 Å². The number of carbonyl (C=O) groups excluding carboxylic acids is 3. The summed E-state index contributed by atoms with van der Waals surface area (Å²) < 4.78 is 7.02. The second-order valence-electron chi connectivity index (χ2n) is 5.84. The number of ether oxygens (including phenoxy) is 1. The van der Waals surface area contributed by atoms with E-state index in [9.17, 15) is 14.4 Å². The highest BCUT2D eigenvalue weighted by Crippen LogP contribution is 2.19. The zero-order valence-electron chi connectivity index (χ0n) is 15.6. The highest BCUT2D eigenvalue weighted by Gasteiger charge is 2.25. The number of urea groups is 1. The third kappa shape index (κ3) is 5.04. The van der Waals surface area contributed by atoms with E-state index >= 15 is 0 Å². The normalized spacial score (nSPS) is 11.9. The van der Waals surface area contributed by atoms with Crippen molar-refractivity contribution in [3.8, 4) is 0 Å². The van der Waals surface area contributed by atoms with Gasteiger partial charge in [0.25, 0.3) is 5.91 Å². The van der Waals surface area contributed by atoms with Crippen LogP contribution in [0, 0.1) is 13.8 Å². The minimum atomic E-state index is -1.25. The minimum absolute atomic E-state index is 0.453. The van der Waals surface area contributed by atoms with E-state index in [0.717, 1.165) is 17.0 Å². The van der Waals surface area contributed by atoms with Crippen LogP contribution in [-0.2, 0) is 21.4 Å². The predicted octanol–water partition coefficient (Wildman–Crippen LogP) is 1.79. The summed E-state index contributed by atoms with van der Waals surface area (Å²) in [5.74, 6) is -1.45. The van der Waals surface area contributed by atoms with Gasteiger partial charge in [0.05, 0.1) is 5.69 Å². The monoisotopic (exact) mass is 370 g/mol. The van der Waals surface area contributed by atoms with Crippen LogP contribution < -0.4 is 10.6 Å². The summed E-state index contributed by atoms with van der Waals surface area (Å²) in [6, 6.07) is 7.78. The molecular weight excluding hydrogens is 348 g/mol. The van der Waals surface area contributed by atoms with E-state index in [1.807, 2.05) is 20.9 Å². The first kappa shape index (κ1) is 19.9. The highest BCUT2D eigenvalue weighted by atomic mass is 16.5. The van der Waals surface area contributed by atoms with Gasteiger partial charge >= 0.3 is 12.0 Å². The van der Waals surface area contributed by atoms with Crippen LogP contribution in [0.3, 0.4) is 0 Å². The van der Waals surface area contributed by atoms with Crippen molar-refractivity contribution in [3.05, 3.63) is 58.9 Å². The topological polar surface area (TPSA) is 102 Å². The first-order chi connectivity index (χ1) is 12.8. The molecule has 1 aromatic heterocycles. The smallest absolute Gasteiger partial charge is 0.331 e. The maximum absolute atomic E-state index is 12.3. The lowest BCUT2D eigenvalue weighted by Gasteiger charge is -2.16. The van der Waals surface area contributed by atoms with Crippen LogP contribution in [0.1, 0.15) is 28.6 Å². The summed E-state index contributed by atoms with van der Waals surface area (Å²) in [5, 5.41) is 8.68. The van der Waals surface area contributed by atoms with Crippen LogP contribution in [0.2, 0.25) is 0 Å². The average molecular weight is 370 g/mol. The van der Waals surface area contributed by atoms with Crippen molar-refractivity contribution in [1.29, 1.82) is 0 Å². The summed E-state index contributed by atoms with van der Waals surface area (Å²) in [7, 11) is 3.19. The summed E-state index contributed by atoms with van der Waals surface area (Å²) in [5.41, 5.74) is 2.93. The van der Waals surface area contributed by atoms with E-state index in [1.54, 1.807) is 41.1 Å². The summed E-state index contributed by atoms with van der Waals surface area (Å²) in [6.45, 7) is 3.72. The number of benzene rings is 1. The van der Waals surface area contributed by atoms with Crippen molar-refractivity contribution >= 4 is 24.0 Å². The Morgan fingerprint density at radius 1 is 1.19 bits per heavy atom. The summed E-state index contributed by atoms with van der Waals surface area (Å²) in [6.07, 6.45) is 1.58. The van der Waals surface area contributed by atoms with Crippen molar-refractivity contribution in [3.63, 3.8) is 0 Å². The molecule has 3 amide bonds. The maximum atomic E-state index is 12.3. The Bertz CT molecular complexity index is 871. The fourth-order valence-electron chi connectivity index (χ4n) is 2.48. The number of rotatable bonds is 5. The summed E-state index contributed by atoms with van der Waals surface area (Å²) >= 11 is 0. The first-order valence-electron chi connectivity index (χ1n) is 8.30. The second-order valence-corrected chi connectivity index (χ2v) is 5.84. The van der Waals surface area contributed by atoms with Crippen molar-refractivity contribution < 1.29 is 19.1 Å². The molecule has 0 fully saturated rings. The maximum Gasteiger partial charge on any atom is 0.331 e. The third-order valence-corrected chi connectivity index (χ3v) is 3.99. The number of hydrogen-bond acceptors (Lipinski definition) is 5. The molecule has 0 aliphatic carbocycles. The van der Waals surface area contributed by atoms with Gasteiger partial charge in [-0.3, -0.25) is 14.8 Å². The molecule has 8 heteroatoms. The molecule has 0 aliphatic rings. The number of nitrogens with zero attached hydrogens (tertiary/aromatic N) is 2. The molecule has 0 bridgehead atoms. The largest absolute Gasteiger partial charge is 0.444 e. The van der Waals surface area contributed by atoms with Crippen molar-refractivity contribution in [2.24, 2.45) is 7.05 Å². The molecule has 1 aromatic carbocycles. The molecule has 0 unspecified atom stereocenters. The summed E-state index contributed by atoms with van der Waals surface area (Å²) in [4.78, 5) is 36.0. The molecule has 0 spiro atoms. The SMILES string of the molecule is CNC(=O)NC(=O)[C@@H](OC(=O)/C=C/c1c(C)nn(C)c1C)c1ccccc1. The van der Waals surface area contributed by atoms with Gasteiger partial charge < -0.3 is 10.1 Å². The van der Waals surface area contributed by atoms with Crippen molar-refractivity contribution in [2.45, 2.75) is 20.0 Å². The number of amides is 3. The van der Waals surface area contributed by atoms with Gasteiger partial charge in [-0.05, 0) is 19.9 Å². The van der Waals surface area contributed by atoms with Gasteiger partial charge in [-0.25, -0.2) is 9.59 Å². The zero-order valence-corrected chi connectivity index (χ0v) is 15.6. The van der Waals surface area contributed by atoms with Crippen molar-refractivity contribution in [2.75, 3.05) is 7.05 Å². The number of carbonyl (C=O) groups is 3. The van der Waals surface area contributed by atoms with Gasteiger partial charge in [0.2, 0.25) is 6.10 Å². The molecule has 1 heterocycles. The standard InChI is InChI=1S/C19H22N4O4/c1-12-15(13(2)23(4)22-12)10-11-16(24)27-17(14-8-6-5-7-9-14)18(25)21-19(26)20-3/h5-11,17H,1-4H3,(H2,20,21,25,26)/b11-10+/t17-/m0/s1. The fraction of sp³-hybridized carbons (Fsp3) is 0.263. The first-order valence-corrected chi connectivity index (χ1v) is 8.30. The number of nitrogens with one attached hydrogen (secondary N) is 2. The minimum Gasteiger partial charge on any atom is -0.444 e. The second kappa shape index (κ2) is 8.79. The Balaban J connectivity index is 2.19. The van der Waals surface area contributed by atoms with Crippen LogP contribution in [-0.4, -0.2) is 34.7 Å². The molecule has 0 saturated carbocycles. The Hall–Kier alpha value is -3.42. The number of imide groups is 1. The molecule has 1 atom stereocenters. The lowest BCUT2D eigenvalue weighted by atomic mass is 10.1. The van der Waals surface area contributed by atoms with E-state index in [1.165, 1.54) is 13.1 Å². The molecule has 8 nitrogen and oxygen atoms in total. The number of aromatic nitrogens is 2. The Morgan fingerprint density at radius 3 is 2.41 bits per heavy atom. The van der Waals surface area contributed by atoms with E-state index in [0.29, 0.717) is 5.56 Å². The lowest BCUT2D eigenvalue weighted by molar-refractivity contribution is -0.151. The van der Waals surface area contributed by atoms with Gasteiger partial charge in [-0.1, -0.05) is 30.3 Å². The van der Waals surface area contributed by atoms with Gasteiger partial charge in [0.15, 0.2) is 0 Å². The van der Waals surface area contributed by atoms with Gasteiger partial charge in [0.1, 0.15) is 0 Å². The zero-order chi connectivity index (χ0) is 20.0. The molecule has 2 N–H and O–H groups in total. The van der Waals surface area contributed by atoms with Crippen LogP contribution in [0.25, 0.3) is 6.08 Å². The molecule has 0 aliphatic heterocycles. The Labute approximate surface area is 157 Å². The van der Waals surface area contributed by atoms with E-state index < -0.39 is 24.0 Å². The predicted molar refractivity (Wildman–Crippen MR) is 99.6 cm³/mol. The number of esters is 1. The van der Waals surface area contributed by atoms with Crippen LogP contribution in [0.4, 0.5) is 4.79 Å². The van der Waals surface area contributed by atoms with Gasteiger partial charge in [0, 0.05) is 37.0 Å². The molecule has 2 aromatic rings. The molecule has 0 radical (unpaired) electrons. The van der Waals surface area contributed by atoms with Gasteiger partial charge in [-0.2, -0.15) is 5.10 Å². The molecule has 2 rings (SSSR count). The average Bonchev–Trinajstić information content (AvgIpc) is 2.90. The van der Waals surface area contributed by atoms with E-state index in [-0.39, 0.29) is 0 Å². The van der Waals surface area contributed by atoms with E-state index in [2.05, 4.69) is 15.7 Å². The Morgan fingerprint density at radius 2 is 1.85 bits per heavy atom. The quantitative estimate of drug-likeness (QED) is 0.617. The Kier molecular flexibility index (Phi) is 6.48. The molecular formula is C19H22N4O4. The van der Waals surface area contributed by atoms with Crippen LogP contribution >= 0.6 is 0 Å².